The normalized spacial score (nSPS) is 14.6. The minimum atomic E-state index is -3.51. The Morgan fingerprint density at radius 1 is 1.14 bits per heavy atom. The number of anilines is 1. The summed E-state index contributed by atoms with van der Waals surface area (Å²) in [6.45, 7) is 4.08. The molecule has 1 amide bonds. The predicted octanol–water partition coefficient (Wildman–Crippen LogP) is 3.95. The van der Waals surface area contributed by atoms with E-state index in [1.807, 2.05) is 19.9 Å². The molecule has 0 unspecified atom stereocenters. The third kappa shape index (κ3) is 3.55. The second-order valence-electron chi connectivity index (χ2n) is 7.15. The number of carbonyl (C=O) groups excluding carboxylic acids is 1. The number of carbonyl (C=O) groups is 1. The largest absolute Gasteiger partial charge is 0.298 e. The Morgan fingerprint density at radius 3 is 2.43 bits per heavy atom. The number of aryl methyl sites for hydroxylation is 2. The monoisotopic (exact) mass is 415 g/mol. The van der Waals surface area contributed by atoms with Crippen molar-refractivity contribution in [1.29, 1.82) is 0 Å². The highest BCUT2D eigenvalue weighted by Gasteiger charge is 2.35. The average molecular weight is 416 g/mol. The lowest BCUT2D eigenvalue weighted by Crippen LogP contribution is -2.29. The van der Waals surface area contributed by atoms with Gasteiger partial charge in [-0.25, -0.2) is 13.4 Å². The number of hydrogen-bond acceptors (Lipinski definition) is 5. The number of benzene rings is 2. The zero-order valence-electron chi connectivity index (χ0n) is 15.9. The molecule has 1 aromatic heterocycles. The fourth-order valence-corrected chi connectivity index (χ4v) is 5.34. The van der Waals surface area contributed by atoms with Crippen molar-refractivity contribution >= 4 is 42.6 Å². The van der Waals surface area contributed by atoms with Crippen molar-refractivity contribution in [3.05, 3.63) is 53.1 Å². The zero-order valence-corrected chi connectivity index (χ0v) is 17.5. The van der Waals surface area contributed by atoms with E-state index >= 15 is 0 Å². The van der Waals surface area contributed by atoms with E-state index in [0.29, 0.717) is 10.7 Å². The first-order chi connectivity index (χ1) is 13.3. The van der Waals surface area contributed by atoms with Gasteiger partial charge in [-0.2, -0.15) is 4.31 Å². The predicted molar refractivity (Wildman–Crippen MR) is 111 cm³/mol. The van der Waals surface area contributed by atoms with Crippen molar-refractivity contribution in [1.82, 2.24) is 9.29 Å². The van der Waals surface area contributed by atoms with Gasteiger partial charge in [-0.05, 0) is 74.2 Å². The highest BCUT2D eigenvalue weighted by molar-refractivity contribution is 7.89. The molecule has 8 heteroatoms. The maximum Gasteiger partial charge on any atom is 0.257 e. The molecule has 6 nitrogen and oxygen atoms in total. The van der Waals surface area contributed by atoms with E-state index in [0.717, 1.165) is 28.6 Å². The molecule has 1 N–H and O–H groups in total. The summed E-state index contributed by atoms with van der Waals surface area (Å²) in [6.07, 6.45) is 1.80. The molecule has 1 aliphatic carbocycles. The number of nitrogens with zero attached hydrogens (tertiary/aromatic N) is 2. The molecular weight excluding hydrogens is 394 g/mol. The minimum Gasteiger partial charge on any atom is -0.298 e. The molecule has 0 spiro atoms. The van der Waals surface area contributed by atoms with Crippen LogP contribution >= 0.6 is 11.3 Å². The summed E-state index contributed by atoms with van der Waals surface area (Å²) in [5, 5.41) is 3.33. The Kier molecular flexibility index (Phi) is 4.73. The van der Waals surface area contributed by atoms with E-state index in [9.17, 15) is 13.2 Å². The second kappa shape index (κ2) is 6.95. The Bertz CT molecular complexity index is 1120. The fraction of sp³-hybridized carbons (Fsp3) is 0.300. The van der Waals surface area contributed by atoms with Crippen LogP contribution in [-0.2, 0) is 10.0 Å². The van der Waals surface area contributed by atoms with Gasteiger partial charge >= 0.3 is 0 Å². The zero-order chi connectivity index (χ0) is 20.1. The fourth-order valence-electron chi connectivity index (χ4n) is 2.98. The molecule has 1 saturated carbocycles. The third-order valence-corrected chi connectivity index (χ3v) is 7.94. The quantitative estimate of drug-likeness (QED) is 0.684. The molecule has 0 bridgehead atoms. The van der Waals surface area contributed by atoms with Gasteiger partial charge in [0.25, 0.3) is 5.91 Å². The van der Waals surface area contributed by atoms with Crippen LogP contribution in [0.2, 0.25) is 0 Å². The van der Waals surface area contributed by atoms with Crippen LogP contribution in [-0.4, -0.2) is 36.7 Å². The van der Waals surface area contributed by atoms with Gasteiger partial charge in [-0.3, -0.25) is 10.1 Å². The molecule has 3 aromatic rings. The molecule has 0 radical (unpaired) electrons. The number of fused-ring (bicyclic) bond motifs is 1. The number of aromatic nitrogens is 1. The molecule has 1 fully saturated rings. The molecule has 1 heterocycles. The summed E-state index contributed by atoms with van der Waals surface area (Å²) < 4.78 is 27.5. The Labute approximate surface area is 168 Å². The number of thiazole rings is 1. The summed E-state index contributed by atoms with van der Waals surface area (Å²) in [5.41, 5.74) is 3.58. The van der Waals surface area contributed by atoms with Gasteiger partial charge in [0, 0.05) is 18.7 Å². The number of rotatable bonds is 5. The smallest absolute Gasteiger partial charge is 0.257 e. The molecule has 2 aromatic carbocycles. The van der Waals surface area contributed by atoms with Gasteiger partial charge in [0.15, 0.2) is 5.13 Å². The average Bonchev–Trinajstić information content (AvgIpc) is 3.44. The molecule has 146 valence electrons. The Balaban J connectivity index is 1.52. The Morgan fingerprint density at radius 2 is 1.79 bits per heavy atom. The van der Waals surface area contributed by atoms with Crippen LogP contribution in [0, 0.1) is 13.8 Å². The van der Waals surface area contributed by atoms with Crippen LogP contribution in [0.25, 0.3) is 10.2 Å². The molecule has 0 saturated heterocycles. The van der Waals surface area contributed by atoms with Crippen molar-refractivity contribution in [2.24, 2.45) is 0 Å². The van der Waals surface area contributed by atoms with Crippen LogP contribution in [0.15, 0.2) is 41.3 Å². The third-order valence-electron chi connectivity index (χ3n) is 5.08. The first kappa shape index (κ1) is 19.0. The van der Waals surface area contributed by atoms with Crippen LogP contribution in [0.5, 0.6) is 0 Å². The lowest BCUT2D eigenvalue weighted by Gasteiger charge is -2.16. The van der Waals surface area contributed by atoms with Crippen molar-refractivity contribution < 1.29 is 13.2 Å². The molecule has 4 rings (SSSR count). The van der Waals surface area contributed by atoms with Gasteiger partial charge in [0.1, 0.15) is 0 Å². The topological polar surface area (TPSA) is 79.4 Å². The van der Waals surface area contributed by atoms with E-state index in [-0.39, 0.29) is 16.8 Å². The first-order valence-electron chi connectivity index (χ1n) is 9.03. The van der Waals surface area contributed by atoms with E-state index < -0.39 is 10.0 Å². The summed E-state index contributed by atoms with van der Waals surface area (Å²) >= 11 is 1.42. The number of nitrogens with one attached hydrogen (secondary N) is 1. The van der Waals surface area contributed by atoms with Crippen LogP contribution < -0.4 is 5.32 Å². The molecule has 1 aliphatic rings. The van der Waals surface area contributed by atoms with E-state index in [2.05, 4.69) is 16.4 Å². The lowest BCUT2D eigenvalue weighted by atomic mass is 10.1. The summed E-state index contributed by atoms with van der Waals surface area (Å²) in [7, 11) is -1.91. The number of sulfonamides is 1. The lowest BCUT2D eigenvalue weighted by molar-refractivity contribution is 0.102. The Hall–Kier alpha value is -2.29. The van der Waals surface area contributed by atoms with E-state index in [4.69, 9.17) is 0 Å². The van der Waals surface area contributed by atoms with Crippen molar-refractivity contribution in [2.75, 3.05) is 12.4 Å². The SMILES string of the molecule is Cc1cc2nc(NC(=O)c3ccc(S(=O)(=O)N(C)C4CC4)cc3)sc2cc1C. The molecule has 0 atom stereocenters. The molecule has 0 aliphatic heterocycles. The maximum absolute atomic E-state index is 12.6. The highest BCUT2D eigenvalue weighted by Crippen LogP contribution is 2.31. The van der Waals surface area contributed by atoms with Crippen LogP contribution in [0.1, 0.15) is 34.3 Å². The maximum atomic E-state index is 12.6. The summed E-state index contributed by atoms with van der Waals surface area (Å²) in [6, 6.07) is 10.2. The summed E-state index contributed by atoms with van der Waals surface area (Å²) in [4.78, 5) is 17.2. The van der Waals surface area contributed by atoms with Gasteiger partial charge < -0.3 is 0 Å². The molecular formula is C20H21N3O3S2. The number of hydrogen-bond donors (Lipinski definition) is 1. The van der Waals surface area contributed by atoms with Gasteiger partial charge in [0.2, 0.25) is 10.0 Å². The van der Waals surface area contributed by atoms with Crippen molar-refractivity contribution in [3.8, 4) is 0 Å². The van der Waals surface area contributed by atoms with Crippen LogP contribution in [0.3, 0.4) is 0 Å². The minimum absolute atomic E-state index is 0.0966. The number of amides is 1. The van der Waals surface area contributed by atoms with Gasteiger partial charge in [-0.15, -0.1) is 0 Å². The van der Waals surface area contributed by atoms with E-state index in [1.165, 1.54) is 45.5 Å². The second-order valence-corrected chi connectivity index (χ2v) is 10.2. The van der Waals surface area contributed by atoms with Crippen molar-refractivity contribution in [3.63, 3.8) is 0 Å². The standard InChI is InChI=1S/C20H21N3O3S2/c1-12-10-17-18(11-13(12)2)27-20(21-17)22-19(24)14-4-8-16(9-5-14)28(25,26)23(3)15-6-7-15/h4-5,8-11,15H,6-7H2,1-3H3,(H,21,22,24). The van der Waals surface area contributed by atoms with Crippen molar-refractivity contribution in [2.45, 2.75) is 37.6 Å². The van der Waals surface area contributed by atoms with Gasteiger partial charge in [-0.1, -0.05) is 11.3 Å². The van der Waals surface area contributed by atoms with E-state index in [1.54, 1.807) is 7.05 Å². The first-order valence-corrected chi connectivity index (χ1v) is 11.3. The highest BCUT2D eigenvalue weighted by atomic mass is 32.2. The molecule has 28 heavy (non-hydrogen) atoms. The van der Waals surface area contributed by atoms with Gasteiger partial charge in [0.05, 0.1) is 15.1 Å². The van der Waals surface area contributed by atoms with Crippen LogP contribution in [0.4, 0.5) is 5.13 Å². The summed E-state index contributed by atoms with van der Waals surface area (Å²) in [5.74, 6) is -0.313.